The molecular formula is C13H17Cl2N3O2. The summed E-state index contributed by atoms with van der Waals surface area (Å²) in [4.78, 5) is 11.0. The molecule has 4 N–H and O–H groups in total. The van der Waals surface area contributed by atoms with Gasteiger partial charge in [0.2, 0.25) is 0 Å². The largest absolute Gasteiger partial charge is 0.367 e. The van der Waals surface area contributed by atoms with Crippen molar-refractivity contribution in [3.05, 3.63) is 33.8 Å². The van der Waals surface area contributed by atoms with Crippen LogP contribution in [0.25, 0.3) is 0 Å². The van der Waals surface area contributed by atoms with Crippen LogP contribution < -0.4 is 16.4 Å². The lowest BCUT2D eigenvalue weighted by atomic mass is 9.93. The number of rotatable bonds is 3. The number of primary amides is 1. The summed E-state index contributed by atoms with van der Waals surface area (Å²) in [5, 5.41) is 6.85. The minimum atomic E-state index is -0.695. The average molecular weight is 318 g/mol. The van der Waals surface area contributed by atoms with E-state index in [2.05, 4.69) is 10.6 Å². The first kappa shape index (κ1) is 15.4. The molecule has 1 heterocycles. The van der Waals surface area contributed by atoms with Gasteiger partial charge in [-0.1, -0.05) is 29.3 Å². The summed E-state index contributed by atoms with van der Waals surface area (Å²) < 4.78 is 5.99. The molecule has 0 saturated carbocycles. The van der Waals surface area contributed by atoms with E-state index in [0.29, 0.717) is 23.2 Å². The zero-order chi connectivity index (χ0) is 14.6. The van der Waals surface area contributed by atoms with E-state index in [1.54, 1.807) is 12.1 Å². The highest BCUT2D eigenvalue weighted by molar-refractivity contribution is 6.42. The maximum Gasteiger partial charge on any atom is 0.312 e. The summed E-state index contributed by atoms with van der Waals surface area (Å²) in [5.74, 6) is 0. The quantitative estimate of drug-likeness (QED) is 0.796. The molecule has 1 aromatic carbocycles. The van der Waals surface area contributed by atoms with Crippen LogP contribution >= 0.6 is 23.2 Å². The van der Waals surface area contributed by atoms with E-state index in [4.69, 9.17) is 33.7 Å². The van der Waals surface area contributed by atoms with Crippen LogP contribution in [0.1, 0.15) is 12.0 Å². The third-order valence-electron chi connectivity index (χ3n) is 3.28. The number of nitrogens with one attached hydrogen (secondary N) is 2. The second-order valence-electron chi connectivity index (χ2n) is 4.72. The fourth-order valence-electron chi connectivity index (χ4n) is 2.22. The van der Waals surface area contributed by atoms with E-state index in [1.807, 2.05) is 6.07 Å². The Morgan fingerprint density at radius 3 is 2.95 bits per heavy atom. The molecule has 2 rings (SSSR count). The summed E-state index contributed by atoms with van der Waals surface area (Å²) in [6, 6.07) is 4.75. The van der Waals surface area contributed by atoms with Crippen molar-refractivity contribution in [1.82, 2.24) is 10.6 Å². The maximum absolute atomic E-state index is 11.0. The van der Waals surface area contributed by atoms with E-state index in [9.17, 15) is 4.79 Å². The van der Waals surface area contributed by atoms with Crippen molar-refractivity contribution >= 4 is 29.2 Å². The molecule has 0 aromatic heterocycles. The Morgan fingerprint density at radius 1 is 1.45 bits per heavy atom. The van der Waals surface area contributed by atoms with Gasteiger partial charge in [0.15, 0.2) is 0 Å². The third kappa shape index (κ3) is 3.55. The highest BCUT2D eigenvalue weighted by atomic mass is 35.5. The van der Waals surface area contributed by atoms with Gasteiger partial charge in [0, 0.05) is 13.2 Å². The fraction of sp³-hybridized carbons (Fsp3) is 0.462. The number of nitrogens with two attached hydrogens (primary N) is 1. The van der Waals surface area contributed by atoms with Crippen molar-refractivity contribution < 1.29 is 9.53 Å². The van der Waals surface area contributed by atoms with Crippen LogP contribution in [-0.2, 0) is 10.3 Å². The Kier molecular flexibility index (Phi) is 5.10. The summed E-state index contributed by atoms with van der Waals surface area (Å²) in [5.41, 5.74) is 5.33. The van der Waals surface area contributed by atoms with Gasteiger partial charge in [-0.25, -0.2) is 4.79 Å². The molecular weight excluding hydrogens is 301 g/mol. The van der Waals surface area contributed by atoms with E-state index < -0.39 is 11.6 Å². The van der Waals surface area contributed by atoms with Crippen molar-refractivity contribution in [2.75, 3.05) is 26.2 Å². The summed E-state index contributed by atoms with van der Waals surface area (Å²) >= 11 is 12.0. The number of ether oxygens (including phenoxy) is 1. The summed E-state index contributed by atoms with van der Waals surface area (Å²) in [6.45, 7) is 2.28. The average Bonchev–Trinajstić information content (AvgIpc) is 2.66. The van der Waals surface area contributed by atoms with Gasteiger partial charge in [-0.15, -0.1) is 0 Å². The first-order valence-electron chi connectivity index (χ1n) is 6.37. The normalized spacial score (nSPS) is 23.1. The van der Waals surface area contributed by atoms with Gasteiger partial charge in [-0.2, -0.15) is 0 Å². The van der Waals surface area contributed by atoms with Crippen molar-refractivity contribution in [2.24, 2.45) is 5.73 Å². The Hall–Kier alpha value is -1.01. The van der Waals surface area contributed by atoms with Gasteiger partial charge < -0.3 is 21.1 Å². The fourth-order valence-corrected chi connectivity index (χ4v) is 2.51. The van der Waals surface area contributed by atoms with E-state index >= 15 is 0 Å². The predicted molar refractivity (Wildman–Crippen MR) is 79.2 cm³/mol. The van der Waals surface area contributed by atoms with Gasteiger partial charge in [0.1, 0.15) is 5.60 Å². The molecule has 1 aliphatic rings. The monoisotopic (exact) mass is 317 g/mol. The molecule has 20 heavy (non-hydrogen) atoms. The lowest BCUT2D eigenvalue weighted by Crippen LogP contribution is -2.49. The van der Waals surface area contributed by atoms with E-state index in [0.717, 1.165) is 18.5 Å². The number of amides is 2. The zero-order valence-corrected chi connectivity index (χ0v) is 12.4. The highest BCUT2D eigenvalue weighted by Gasteiger charge is 2.35. The molecule has 7 heteroatoms. The van der Waals surface area contributed by atoms with Crippen LogP contribution in [0.2, 0.25) is 10.0 Å². The molecule has 1 aliphatic heterocycles. The smallest absolute Gasteiger partial charge is 0.312 e. The molecule has 1 fully saturated rings. The summed E-state index contributed by atoms with van der Waals surface area (Å²) in [7, 11) is 0. The standard InChI is InChI=1S/C13H17Cl2N3O2/c14-10-3-2-9(6-11(10)15)13(8-18-12(16)19)7-17-4-1-5-20-13/h2-3,6,17H,1,4-5,7-8H2,(H3,16,18,19). The first-order chi connectivity index (χ1) is 9.53. The molecule has 1 atom stereocenters. The number of hydrogen-bond acceptors (Lipinski definition) is 3. The second kappa shape index (κ2) is 6.63. The van der Waals surface area contributed by atoms with Crippen LogP contribution in [0, 0.1) is 0 Å². The van der Waals surface area contributed by atoms with Gasteiger partial charge in [-0.3, -0.25) is 0 Å². The lowest BCUT2D eigenvalue weighted by molar-refractivity contribution is -0.0349. The SMILES string of the molecule is NC(=O)NCC1(c2ccc(Cl)c(Cl)c2)CNCCCO1. The minimum absolute atomic E-state index is 0.271. The molecule has 0 bridgehead atoms. The molecule has 1 aromatic rings. The molecule has 0 radical (unpaired) electrons. The van der Waals surface area contributed by atoms with Gasteiger partial charge in [0.05, 0.1) is 16.6 Å². The molecule has 0 aliphatic carbocycles. The van der Waals surface area contributed by atoms with E-state index in [-0.39, 0.29) is 6.54 Å². The maximum atomic E-state index is 11.0. The Bertz CT molecular complexity index is 489. The molecule has 0 spiro atoms. The van der Waals surface area contributed by atoms with E-state index in [1.165, 1.54) is 0 Å². The van der Waals surface area contributed by atoms with Crippen molar-refractivity contribution in [2.45, 2.75) is 12.0 Å². The molecule has 110 valence electrons. The van der Waals surface area contributed by atoms with Gasteiger partial charge in [-0.05, 0) is 30.7 Å². The van der Waals surface area contributed by atoms with Crippen LogP contribution in [0.5, 0.6) is 0 Å². The lowest BCUT2D eigenvalue weighted by Gasteiger charge is -2.33. The molecule has 1 saturated heterocycles. The third-order valence-corrected chi connectivity index (χ3v) is 4.02. The number of carbonyl (C=O) groups excluding carboxylic acids is 1. The van der Waals surface area contributed by atoms with Crippen molar-refractivity contribution in [3.63, 3.8) is 0 Å². The predicted octanol–water partition coefficient (Wildman–Crippen LogP) is 1.87. The highest BCUT2D eigenvalue weighted by Crippen LogP contribution is 2.31. The minimum Gasteiger partial charge on any atom is -0.367 e. The number of carbonyl (C=O) groups is 1. The van der Waals surface area contributed by atoms with Crippen LogP contribution in [0.3, 0.4) is 0 Å². The topological polar surface area (TPSA) is 76.4 Å². The van der Waals surface area contributed by atoms with Crippen LogP contribution in [0.15, 0.2) is 18.2 Å². The number of urea groups is 1. The summed E-state index contributed by atoms with van der Waals surface area (Å²) in [6.07, 6.45) is 0.902. The van der Waals surface area contributed by atoms with Crippen LogP contribution in [0.4, 0.5) is 4.79 Å². The zero-order valence-electron chi connectivity index (χ0n) is 10.9. The molecule has 1 unspecified atom stereocenters. The first-order valence-corrected chi connectivity index (χ1v) is 7.13. The van der Waals surface area contributed by atoms with Crippen molar-refractivity contribution in [3.8, 4) is 0 Å². The Labute approximate surface area is 127 Å². The Balaban J connectivity index is 2.32. The molecule has 2 amide bonds. The van der Waals surface area contributed by atoms with Gasteiger partial charge in [0.25, 0.3) is 0 Å². The number of hydrogen-bond donors (Lipinski definition) is 3. The second-order valence-corrected chi connectivity index (χ2v) is 5.53. The Morgan fingerprint density at radius 2 is 2.25 bits per heavy atom. The van der Waals surface area contributed by atoms with Crippen molar-refractivity contribution in [1.29, 1.82) is 0 Å². The number of halogens is 2. The van der Waals surface area contributed by atoms with Crippen LogP contribution in [-0.4, -0.2) is 32.3 Å². The number of benzene rings is 1. The molecule has 5 nitrogen and oxygen atoms in total. The van der Waals surface area contributed by atoms with Gasteiger partial charge >= 0.3 is 6.03 Å².